The van der Waals surface area contributed by atoms with E-state index in [0.29, 0.717) is 37.7 Å². The Balaban J connectivity index is 0.00000364. The highest BCUT2D eigenvalue weighted by molar-refractivity contribution is 14.0. The number of rotatable bonds is 7. The first-order chi connectivity index (χ1) is 12.2. The number of aliphatic hydroxyl groups is 1. The van der Waals surface area contributed by atoms with Crippen molar-refractivity contribution in [2.24, 2.45) is 12.0 Å². The summed E-state index contributed by atoms with van der Waals surface area (Å²) in [5.74, 6) is 1.09. The molecule has 1 aromatic rings. The topological polar surface area (TPSA) is 112 Å². The fraction of sp³-hybridized carbons (Fsp3) is 0.750. The van der Waals surface area contributed by atoms with Gasteiger partial charge in [-0.1, -0.05) is 0 Å². The lowest BCUT2D eigenvalue weighted by Crippen LogP contribution is -2.46. The third-order valence-electron chi connectivity index (χ3n) is 4.37. The van der Waals surface area contributed by atoms with Crippen molar-refractivity contribution in [2.75, 3.05) is 50.8 Å². The normalized spacial score (nSPS) is 19.8. The Morgan fingerprint density at radius 2 is 2.04 bits per heavy atom. The molecule has 2 heterocycles. The van der Waals surface area contributed by atoms with Crippen LogP contribution in [0.3, 0.4) is 0 Å². The number of aliphatic imine (C=N–C) groups is 1. The molecule has 1 aliphatic heterocycles. The molecule has 0 bridgehead atoms. The first-order valence-corrected chi connectivity index (χ1v) is 10.7. The van der Waals surface area contributed by atoms with Gasteiger partial charge < -0.3 is 15.7 Å². The number of halogens is 1. The van der Waals surface area contributed by atoms with Crippen LogP contribution in [0.2, 0.25) is 0 Å². The van der Waals surface area contributed by atoms with E-state index >= 15 is 0 Å². The van der Waals surface area contributed by atoms with Crippen molar-refractivity contribution in [3.63, 3.8) is 0 Å². The van der Waals surface area contributed by atoms with Crippen molar-refractivity contribution in [2.45, 2.75) is 19.4 Å². The Morgan fingerprint density at radius 1 is 1.37 bits per heavy atom. The number of aryl methyl sites for hydroxylation is 1. The Kier molecular flexibility index (Phi) is 9.45. The van der Waals surface area contributed by atoms with Crippen molar-refractivity contribution >= 4 is 39.8 Å². The van der Waals surface area contributed by atoms with E-state index in [1.54, 1.807) is 31.0 Å². The number of hydrogen-bond donors (Lipinski definition) is 3. The molecule has 0 amide bonds. The molecule has 156 valence electrons. The minimum absolute atomic E-state index is 0. The van der Waals surface area contributed by atoms with E-state index in [9.17, 15) is 13.5 Å². The predicted octanol–water partition coefficient (Wildman–Crippen LogP) is -0.469. The number of guanidine groups is 1. The maximum atomic E-state index is 11.5. The zero-order valence-corrected chi connectivity index (χ0v) is 19.3. The Hall–Kier alpha value is -0.920. The monoisotopic (exact) mass is 514 g/mol. The predicted molar refractivity (Wildman–Crippen MR) is 117 cm³/mol. The Labute approximate surface area is 178 Å². The van der Waals surface area contributed by atoms with Crippen LogP contribution in [0.25, 0.3) is 0 Å². The molecule has 1 unspecified atom stereocenters. The summed E-state index contributed by atoms with van der Waals surface area (Å²) in [4.78, 5) is 6.60. The molecule has 0 radical (unpaired) electrons. The second-order valence-corrected chi connectivity index (χ2v) is 9.10. The summed E-state index contributed by atoms with van der Waals surface area (Å²) in [6, 6.07) is 0. The van der Waals surface area contributed by atoms with Crippen LogP contribution in [0, 0.1) is 0 Å². The molecular weight excluding hydrogens is 483 g/mol. The molecule has 1 fully saturated rings. The molecule has 9 nitrogen and oxygen atoms in total. The summed E-state index contributed by atoms with van der Waals surface area (Å²) < 4.78 is 24.6. The lowest BCUT2D eigenvalue weighted by Gasteiger charge is -2.27. The number of nitrogens with one attached hydrogen (secondary N) is 2. The van der Waals surface area contributed by atoms with Crippen LogP contribution >= 0.6 is 24.0 Å². The largest absolute Gasteiger partial charge is 0.383 e. The van der Waals surface area contributed by atoms with Crippen LogP contribution < -0.4 is 10.6 Å². The zero-order valence-electron chi connectivity index (χ0n) is 16.2. The second kappa shape index (κ2) is 10.6. The molecule has 1 aliphatic rings. The Morgan fingerprint density at radius 3 is 2.59 bits per heavy atom. The first-order valence-electron chi connectivity index (χ1n) is 8.88. The van der Waals surface area contributed by atoms with Gasteiger partial charge in [-0.3, -0.25) is 9.58 Å². The average Bonchev–Trinajstić information content (AvgIpc) is 3.01. The fourth-order valence-electron chi connectivity index (χ4n) is 2.67. The van der Waals surface area contributed by atoms with Gasteiger partial charge in [-0.15, -0.1) is 24.0 Å². The number of sulfone groups is 1. The molecule has 1 saturated heterocycles. The SMILES string of the molecule is CCNC(=NCC(C)(O)c1cnn(C)c1)NCCN1CCS(=O)(=O)CC1.I. The van der Waals surface area contributed by atoms with Gasteiger partial charge in [-0.25, -0.2) is 13.4 Å². The van der Waals surface area contributed by atoms with E-state index in [-0.39, 0.29) is 42.0 Å². The first kappa shape index (κ1) is 24.1. The molecule has 0 aliphatic carbocycles. The van der Waals surface area contributed by atoms with Crippen LogP contribution in [0.5, 0.6) is 0 Å². The van der Waals surface area contributed by atoms with E-state index in [0.717, 1.165) is 6.54 Å². The van der Waals surface area contributed by atoms with Crippen LogP contribution in [-0.4, -0.2) is 84.9 Å². The van der Waals surface area contributed by atoms with Crippen molar-refractivity contribution in [3.05, 3.63) is 18.0 Å². The molecule has 0 saturated carbocycles. The van der Waals surface area contributed by atoms with Crippen LogP contribution in [-0.2, 0) is 22.5 Å². The van der Waals surface area contributed by atoms with E-state index in [1.807, 2.05) is 6.92 Å². The average molecular weight is 514 g/mol. The quantitative estimate of drug-likeness (QED) is 0.256. The van der Waals surface area contributed by atoms with Gasteiger partial charge in [0.1, 0.15) is 5.60 Å². The second-order valence-electron chi connectivity index (χ2n) is 6.79. The van der Waals surface area contributed by atoms with Crippen LogP contribution in [0.1, 0.15) is 19.4 Å². The molecule has 1 aromatic heterocycles. The van der Waals surface area contributed by atoms with Gasteiger partial charge in [-0.05, 0) is 13.8 Å². The molecule has 0 spiro atoms. The summed E-state index contributed by atoms with van der Waals surface area (Å²) >= 11 is 0. The van der Waals surface area contributed by atoms with Gasteiger partial charge >= 0.3 is 0 Å². The summed E-state index contributed by atoms with van der Waals surface area (Å²) in [5.41, 5.74) is -0.383. The highest BCUT2D eigenvalue weighted by atomic mass is 127. The maximum Gasteiger partial charge on any atom is 0.191 e. The highest BCUT2D eigenvalue weighted by Crippen LogP contribution is 2.19. The molecule has 0 aromatic carbocycles. The maximum absolute atomic E-state index is 11.5. The van der Waals surface area contributed by atoms with Crippen LogP contribution in [0.4, 0.5) is 0 Å². The van der Waals surface area contributed by atoms with Gasteiger partial charge in [0, 0.05) is 51.5 Å². The smallest absolute Gasteiger partial charge is 0.191 e. The molecule has 27 heavy (non-hydrogen) atoms. The standard InChI is InChI=1S/C16H30N6O3S.HI/c1-4-17-15(18-5-6-22-7-9-26(24,25)10-8-22)19-13-16(2,23)14-11-20-21(3)12-14;/h11-12,23H,4-10,13H2,1-3H3,(H2,17,18,19);1H. The van der Waals surface area contributed by atoms with E-state index < -0.39 is 15.4 Å². The third kappa shape index (κ3) is 7.92. The lowest BCUT2D eigenvalue weighted by atomic mass is 10.0. The van der Waals surface area contributed by atoms with E-state index in [4.69, 9.17) is 0 Å². The number of hydrogen-bond acceptors (Lipinski definition) is 6. The van der Waals surface area contributed by atoms with Crippen molar-refractivity contribution < 1.29 is 13.5 Å². The van der Waals surface area contributed by atoms with Crippen molar-refractivity contribution in [1.29, 1.82) is 0 Å². The summed E-state index contributed by atoms with van der Waals surface area (Å²) in [5, 5.41) is 21.1. The fourth-order valence-corrected chi connectivity index (χ4v) is 3.95. The molecular formula is C16H31IN6O3S. The Bertz CT molecular complexity index is 705. The lowest BCUT2D eigenvalue weighted by molar-refractivity contribution is 0.0672. The number of aromatic nitrogens is 2. The minimum Gasteiger partial charge on any atom is -0.383 e. The number of nitrogens with zero attached hydrogens (tertiary/aromatic N) is 4. The molecule has 3 N–H and O–H groups in total. The van der Waals surface area contributed by atoms with Gasteiger partial charge in [0.2, 0.25) is 0 Å². The van der Waals surface area contributed by atoms with E-state index in [1.165, 1.54) is 0 Å². The van der Waals surface area contributed by atoms with Gasteiger partial charge in [-0.2, -0.15) is 5.10 Å². The van der Waals surface area contributed by atoms with Crippen molar-refractivity contribution in [1.82, 2.24) is 25.3 Å². The molecule has 2 rings (SSSR count). The van der Waals surface area contributed by atoms with Gasteiger partial charge in [0.05, 0.1) is 24.2 Å². The minimum atomic E-state index is -2.85. The zero-order chi connectivity index (χ0) is 19.2. The summed E-state index contributed by atoms with van der Waals surface area (Å²) in [6.45, 7) is 7.16. The molecule has 1 atom stereocenters. The molecule has 11 heteroatoms. The summed E-state index contributed by atoms with van der Waals surface area (Å²) in [6.07, 6.45) is 3.42. The van der Waals surface area contributed by atoms with Gasteiger partial charge in [0.25, 0.3) is 0 Å². The van der Waals surface area contributed by atoms with Crippen LogP contribution in [0.15, 0.2) is 17.4 Å². The van der Waals surface area contributed by atoms with Crippen molar-refractivity contribution in [3.8, 4) is 0 Å². The summed E-state index contributed by atoms with van der Waals surface area (Å²) in [7, 11) is -1.04. The van der Waals surface area contributed by atoms with Gasteiger partial charge in [0.15, 0.2) is 15.8 Å². The highest BCUT2D eigenvalue weighted by Gasteiger charge is 2.25. The third-order valence-corrected chi connectivity index (χ3v) is 5.98. The van der Waals surface area contributed by atoms with E-state index in [2.05, 4.69) is 25.6 Å².